The summed E-state index contributed by atoms with van der Waals surface area (Å²) in [5.74, 6) is 4.45. The molecule has 0 spiro atoms. The number of methoxy groups -OCH3 is 4. The van der Waals surface area contributed by atoms with Crippen LogP contribution in [0.4, 0.5) is 0 Å². The predicted molar refractivity (Wildman–Crippen MR) is 124 cm³/mol. The molecule has 3 aromatic rings. The van der Waals surface area contributed by atoms with Crippen molar-refractivity contribution < 1.29 is 23.7 Å². The highest BCUT2D eigenvalue weighted by Gasteiger charge is 2.16. The van der Waals surface area contributed by atoms with Crippen molar-refractivity contribution in [2.45, 2.75) is 18.1 Å². The normalized spacial score (nSPS) is 10.8. The Morgan fingerprint density at radius 2 is 1.56 bits per heavy atom. The van der Waals surface area contributed by atoms with Gasteiger partial charge in [0.05, 0.1) is 27.9 Å². The van der Waals surface area contributed by atoms with Crippen molar-refractivity contribution in [2.75, 3.05) is 47.4 Å². The molecule has 2 aromatic carbocycles. The highest BCUT2D eigenvalue weighted by molar-refractivity contribution is 7.99. The van der Waals surface area contributed by atoms with Crippen LogP contribution in [0.5, 0.6) is 23.0 Å². The van der Waals surface area contributed by atoms with Crippen LogP contribution in [-0.2, 0) is 11.3 Å². The number of hydrogen-bond donors (Lipinski definition) is 0. The first-order valence-electron chi connectivity index (χ1n) is 10.2. The molecule has 0 unspecified atom stereocenters. The first-order valence-corrected chi connectivity index (χ1v) is 11.2. The Morgan fingerprint density at radius 3 is 2.25 bits per heavy atom. The number of hydrogen-bond acceptors (Lipinski definition) is 8. The lowest BCUT2D eigenvalue weighted by Crippen LogP contribution is -2.07. The Kier molecular flexibility index (Phi) is 9.06. The number of thioether (sulfide) groups is 1. The molecule has 0 fully saturated rings. The average molecular weight is 460 g/mol. The van der Waals surface area contributed by atoms with E-state index in [0.29, 0.717) is 24.7 Å². The number of benzene rings is 2. The molecule has 0 saturated heterocycles. The zero-order valence-electron chi connectivity index (χ0n) is 18.9. The van der Waals surface area contributed by atoms with E-state index >= 15 is 0 Å². The summed E-state index contributed by atoms with van der Waals surface area (Å²) in [5.41, 5.74) is 0.911. The van der Waals surface area contributed by atoms with Gasteiger partial charge >= 0.3 is 0 Å². The third-order valence-electron chi connectivity index (χ3n) is 4.73. The average Bonchev–Trinajstić information content (AvgIpc) is 3.24. The van der Waals surface area contributed by atoms with Crippen LogP contribution < -0.4 is 18.9 Å². The van der Waals surface area contributed by atoms with Gasteiger partial charge in [0, 0.05) is 31.6 Å². The smallest absolute Gasteiger partial charge is 0.191 e. The summed E-state index contributed by atoms with van der Waals surface area (Å²) in [6.07, 6.45) is 0.852. The van der Waals surface area contributed by atoms with Gasteiger partial charge in [-0.25, -0.2) is 0 Å². The van der Waals surface area contributed by atoms with Crippen molar-refractivity contribution in [1.82, 2.24) is 14.8 Å². The van der Waals surface area contributed by atoms with Crippen LogP contribution in [0.25, 0.3) is 11.4 Å². The molecule has 0 aliphatic carbocycles. The molecule has 8 nitrogen and oxygen atoms in total. The van der Waals surface area contributed by atoms with E-state index < -0.39 is 0 Å². The second-order valence-corrected chi connectivity index (χ2v) is 7.81. The lowest BCUT2D eigenvalue weighted by molar-refractivity contribution is 0.189. The fraction of sp³-hybridized carbons (Fsp3) is 0.391. The van der Waals surface area contributed by atoms with Gasteiger partial charge in [-0.15, -0.1) is 10.2 Å². The SMILES string of the molecule is COCCCn1c(SCCOc2ccc(OC)cc2)nnc1-c1ccc(OC)c(OC)c1. The van der Waals surface area contributed by atoms with E-state index in [1.807, 2.05) is 42.5 Å². The number of rotatable bonds is 13. The summed E-state index contributed by atoms with van der Waals surface area (Å²) in [6, 6.07) is 13.3. The summed E-state index contributed by atoms with van der Waals surface area (Å²) in [6.45, 7) is 1.95. The van der Waals surface area contributed by atoms with E-state index in [1.165, 1.54) is 0 Å². The van der Waals surface area contributed by atoms with Crippen molar-refractivity contribution in [3.8, 4) is 34.4 Å². The Morgan fingerprint density at radius 1 is 0.812 bits per heavy atom. The van der Waals surface area contributed by atoms with Crippen molar-refractivity contribution in [3.63, 3.8) is 0 Å². The third kappa shape index (κ3) is 6.08. The standard InChI is InChI=1S/C23H29N3O5S/c1-27-13-5-12-26-22(17-6-11-20(29-3)21(16-17)30-4)24-25-23(26)32-15-14-31-19-9-7-18(28-2)8-10-19/h6-11,16H,5,12-15H2,1-4H3. The zero-order valence-corrected chi connectivity index (χ0v) is 19.7. The van der Waals surface area contributed by atoms with Crippen molar-refractivity contribution in [1.29, 1.82) is 0 Å². The van der Waals surface area contributed by atoms with E-state index in [0.717, 1.165) is 46.8 Å². The van der Waals surface area contributed by atoms with Crippen LogP contribution >= 0.6 is 11.8 Å². The molecule has 1 aromatic heterocycles. The van der Waals surface area contributed by atoms with Crippen LogP contribution in [0.1, 0.15) is 6.42 Å². The van der Waals surface area contributed by atoms with Crippen LogP contribution in [-0.4, -0.2) is 62.2 Å². The van der Waals surface area contributed by atoms with Crippen LogP contribution in [0.3, 0.4) is 0 Å². The number of nitrogens with zero attached hydrogens (tertiary/aromatic N) is 3. The van der Waals surface area contributed by atoms with Gasteiger partial charge < -0.3 is 28.3 Å². The van der Waals surface area contributed by atoms with Crippen LogP contribution in [0, 0.1) is 0 Å². The third-order valence-corrected chi connectivity index (χ3v) is 5.66. The monoisotopic (exact) mass is 459 g/mol. The maximum absolute atomic E-state index is 5.83. The van der Waals surface area contributed by atoms with E-state index in [4.69, 9.17) is 23.7 Å². The summed E-state index contributed by atoms with van der Waals surface area (Å²) < 4.78 is 29.1. The van der Waals surface area contributed by atoms with Crippen molar-refractivity contribution in [2.24, 2.45) is 0 Å². The number of ether oxygens (including phenoxy) is 5. The summed E-state index contributed by atoms with van der Waals surface area (Å²) >= 11 is 1.61. The minimum atomic E-state index is 0.549. The minimum Gasteiger partial charge on any atom is -0.497 e. The van der Waals surface area contributed by atoms with Gasteiger partial charge in [-0.1, -0.05) is 11.8 Å². The second kappa shape index (κ2) is 12.2. The minimum absolute atomic E-state index is 0.549. The van der Waals surface area contributed by atoms with E-state index in [2.05, 4.69) is 14.8 Å². The molecule has 0 N–H and O–H groups in total. The maximum Gasteiger partial charge on any atom is 0.191 e. The molecule has 0 amide bonds. The molecule has 1 heterocycles. The lowest BCUT2D eigenvalue weighted by Gasteiger charge is -2.12. The molecule has 172 valence electrons. The molecule has 0 atom stereocenters. The van der Waals surface area contributed by atoms with Gasteiger partial charge in [-0.05, 0) is 48.9 Å². The van der Waals surface area contributed by atoms with E-state index in [9.17, 15) is 0 Å². The summed E-state index contributed by atoms with van der Waals surface area (Å²) in [4.78, 5) is 0. The Balaban J connectivity index is 1.70. The molecule has 3 rings (SSSR count). The second-order valence-electron chi connectivity index (χ2n) is 6.75. The zero-order chi connectivity index (χ0) is 22.8. The molecule has 9 heteroatoms. The first-order chi connectivity index (χ1) is 15.7. The molecule has 0 bridgehead atoms. The Bertz CT molecular complexity index is 978. The van der Waals surface area contributed by atoms with E-state index in [-0.39, 0.29) is 0 Å². The topological polar surface area (TPSA) is 76.9 Å². The van der Waals surface area contributed by atoms with Gasteiger partial charge in [-0.2, -0.15) is 0 Å². The fourth-order valence-electron chi connectivity index (χ4n) is 3.12. The predicted octanol–water partition coefficient (Wildman–Crippen LogP) is 4.18. The van der Waals surface area contributed by atoms with Crippen molar-refractivity contribution >= 4 is 11.8 Å². The fourth-order valence-corrected chi connectivity index (χ4v) is 3.90. The molecule has 0 aliphatic heterocycles. The van der Waals surface area contributed by atoms with Gasteiger partial charge in [0.15, 0.2) is 22.5 Å². The number of aromatic nitrogens is 3. The summed E-state index contributed by atoms with van der Waals surface area (Å²) in [5, 5.41) is 9.72. The van der Waals surface area contributed by atoms with Gasteiger partial charge in [0.2, 0.25) is 0 Å². The molecular formula is C23H29N3O5S. The molecule has 32 heavy (non-hydrogen) atoms. The van der Waals surface area contributed by atoms with Gasteiger partial charge in [0.25, 0.3) is 0 Å². The molecular weight excluding hydrogens is 430 g/mol. The molecule has 0 radical (unpaired) electrons. The summed E-state index contributed by atoms with van der Waals surface area (Å²) in [7, 11) is 6.59. The van der Waals surface area contributed by atoms with Crippen LogP contribution in [0.2, 0.25) is 0 Å². The van der Waals surface area contributed by atoms with Gasteiger partial charge in [0.1, 0.15) is 11.5 Å². The largest absolute Gasteiger partial charge is 0.497 e. The highest BCUT2D eigenvalue weighted by Crippen LogP contribution is 2.33. The van der Waals surface area contributed by atoms with Crippen molar-refractivity contribution in [3.05, 3.63) is 42.5 Å². The molecule has 0 saturated carbocycles. The molecule has 0 aliphatic rings. The maximum atomic E-state index is 5.83. The highest BCUT2D eigenvalue weighted by atomic mass is 32.2. The van der Waals surface area contributed by atoms with Gasteiger partial charge in [-0.3, -0.25) is 0 Å². The first kappa shape index (κ1) is 23.7. The quantitative estimate of drug-likeness (QED) is 0.278. The van der Waals surface area contributed by atoms with E-state index in [1.54, 1.807) is 40.2 Å². The lowest BCUT2D eigenvalue weighted by atomic mass is 10.2. The Labute approximate surface area is 192 Å². The Hall–Kier alpha value is -2.91. The van der Waals surface area contributed by atoms with Crippen LogP contribution in [0.15, 0.2) is 47.6 Å².